The third kappa shape index (κ3) is 3.83. The second-order valence-electron chi connectivity index (χ2n) is 6.52. The number of likely N-dealkylation sites (tertiary alicyclic amines) is 1. The Kier molecular flexibility index (Phi) is 5.78. The van der Waals surface area contributed by atoms with Gasteiger partial charge in [-0.25, -0.2) is 9.59 Å². The Morgan fingerprint density at radius 2 is 2.00 bits per heavy atom. The van der Waals surface area contributed by atoms with Crippen LogP contribution >= 0.6 is 0 Å². The van der Waals surface area contributed by atoms with Crippen LogP contribution in [0.2, 0.25) is 0 Å². The van der Waals surface area contributed by atoms with Crippen molar-refractivity contribution in [1.82, 2.24) is 10.6 Å². The average molecular weight is 360 g/mol. The van der Waals surface area contributed by atoms with E-state index in [1.54, 1.807) is 14.0 Å². The molecule has 2 aliphatic rings. The summed E-state index contributed by atoms with van der Waals surface area (Å²) in [6.45, 7) is 4.74. The number of carbonyl (C=O) groups excluding carboxylic acids is 2. The van der Waals surface area contributed by atoms with Gasteiger partial charge in [-0.1, -0.05) is 18.2 Å². The van der Waals surface area contributed by atoms with Crippen LogP contribution in [0.25, 0.3) is 0 Å². The quantitative estimate of drug-likeness (QED) is 0.647. The lowest BCUT2D eigenvalue weighted by Crippen LogP contribution is -3.10. The Bertz CT molecular complexity index is 710. The molecule has 2 heterocycles. The lowest BCUT2D eigenvalue weighted by molar-refractivity contribution is -0.882. The number of rotatable bonds is 6. The van der Waals surface area contributed by atoms with E-state index in [0.717, 1.165) is 18.7 Å². The second-order valence-corrected chi connectivity index (χ2v) is 6.52. The average Bonchev–Trinajstić information content (AvgIpc) is 3.14. The SMILES string of the molecule is CCOC(=O)C1=C(C[NH+]2CCCC2)NC(=O)N[C@H]1c1ccccc1OC. The molecule has 1 aromatic rings. The Morgan fingerprint density at radius 1 is 1.27 bits per heavy atom. The molecule has 0 aromatic heterocycles. The molecule has 140 valence electrons. The van der Waals surface area contributed by atoms with Gasteiger partial charge in [0, 0.05) is 18.4 Å². The first-order chi connectivity index (χ1) is 12.6. The van der Waals surface area contributed by atoms with Gasteiger partial charge in [0.15, 0.2) is 0 Å². The number of amides is 2. The van der Waals surface area contributed by atoms with Crippen LogP contribution in [-0.2, 0) is 9.53 Å². The molecule has 3 N–H and O–H groups in total. The van der Waals surface area contributed by atoms with E-state index in [2.05, 4.69) is 10.6 Å². The van der Waals surface area contributed by atoms with E-state index >= 15 is 0 Å². The minimum absolute atomic E-state index is 0.277. The molecule has 0 saturated carbocycles. The molecular formula is C19H26N3O4+. The van der Waals surface area contributed by atoms with Crippen LogP contribution in [0.3, 0.4) is 0 Å². The number of urea groups is 1. The van der Waals surface area contributed by atoms with E-state index in [9.17, 15) is 9.59 Å². The summed E-state index contributed by atoms with van der Waals surface area (Å²) < 4.78 is 10.7. The molecule has 2 aliphatic heterocycles. The topological polar surface area (TPSA) is 81.1 Å². The summed E-state index contributed by atoms with van der Waals surface area (Å²) in [6, 6.07) is 6.47. The summed E-state index contributed by atoms with van der Waals surface area (Å²) in [5.74, 6) is 0.207. The number of ether oxygens (including phenoxy) is 2. The molecule has 1 fully saturated rings. The van der Waals surface area contributed by atoms with Crippen LogP contribution in [-0.4, -0.2) is 45.4 Å². The number of esters is 1. The third-order valence-corrected chi connectivity index (χ3v) is 4.84. The number of nitrogens with one attached hydrogen (secondary N) is 3. The van der Waals surface area contributed by atoms with Crippen LogP contribution in [0.4, 0.5) is 4.79 Å². The summed E-state index contributed by atoms with van der Waals surface area (Å²) in [4.78, 5) is 26.4. The highest BCUT2D eigenvalue weighted by atomic mass is 16.5. The van der Waals surface area contributed by atoms with Crippen LogP contribution in [0, 0.1) is 0 Å². The van der Waals surface area contributed by atoms with Gasteiger partial charge >= 0.3 is 12.0 Å². The van der Waals surface area contributed by atoms with Crippen LogP contribution in [0.1, 0.15) is 31.4 Å². The molecule has 1 aromatic carbocycles. The van der Waals surface area contributed by atoms with Crippen molar-refractivity contribution in [2.24, 2.45) is 0 Å². The van der Waals surface area contributed by atoms with E-state index in [4.69, 9.17) is 9.47 Å². The van der Waals surface area contributed by atoms with Crippen LogP contribution in [0.5, 0.6) is 5.75 Å². The van der Waals surface area contributed by atoms with Gasteiger partial charge in [-0.3, -0.25) is 0 Å². The Labute approximate surface area is 153 Å². The molecule has 1 atom stereocenters. The molecule has 2 amide bonds. The largest absolute Gasteiger partial charge is 0.496 e. The molecule has 0 unspecified atom stereocenters. The van der Waals surface area contributed by atoms with Gasteiger partial charge in [-0.05, 0) is 13.0 Å². The molecule has 7 nitrogen and oxygen atoms in total. The fourth-order valence-electron chi connectivity index (χ4n) is 3.65. The minimum atomic E-state index is -0.601. The van der Waals surface area contributed by atoms with Crippen molar-refractivity contribution in [3.05, 3.63) is 41.1 Å². The summed E-state index contributed by atoms with van der Waals surface area (Å²) >= 11 is 0. The number of para-hydroxylation sites is 1. The van der Waals surface area contributed by atoms with Crippen molar-refractivity contribution >= 4 is 12.0 Å². The zero-order valence-electron chi connectivity index (χ0n) is 15.3. The van der Waals surface area contributed by atoms with Crippen molar-refractivity contribution in [1.29, 1.82) is 0 Å². The molecule has 0 radical (unpaired) electrons. The van der Waals surface area contributed by atoms with Gasteiger partial charge in [0.1, 0.15) is 12.3 Å². The first-order valence-corrected chi connectivity index (χ1v) is 9.08. The van der Waals surface area contributed by atoms with Gasteiger partial charge in [-0.2, -0.15) is 0 Å². The molecule has 3 rings (SSSR count). The van der Waals surface area contributed by atoms with Gasteiger partial charge < -0.3 is 25.0 Å². The van der Waals surface area contributed by atoms with Gasteiger partial charge in [0.25, 0.3) is 0 Å². The first kappa shape index (κ1) is 18.3. The fraction of sp³-hybridized carbons (Fsp3) is 0.474. The van der Waals surface area contributed by atoms with E-state index in [1.165, 1.54) is 17.7 Å². The highest BCUT2D eigenvalue weighted by Gasteiger charge is 2.36. The molecule has 7 heteroatoms. The fourth-order valence-corrected chi connectivity index (χ4v) is 3.65. The van der Waals surface area contributed by atoms with Gasteiger partial charge in [-0.15, -0.1) is 0 Å². The molecule has 0 aliphatic carbocycles. The smallest absolute Gasteiger partial charge is 0.338 e. The van der Waals surface area contributed by atoms with E-state index in [1.807, 2.05) is 24.3 Å². The number of benzene rings is 1. The van der Waals surface area contributed by atoms with Crippen molar-refractivity contribution < 1.29 is 24.0 Å². The Hall–Kier alpha value is -2.54. The maximum absolute atomic E-state index is 12.8. The summed E-state index contributed by atoms with van der Waals surface area (Å²) in [5, 5.41) is 5.69. The van der Waals surface area contributed by atoms with Crippen LogP contribution < -0.4 is 20.3 Å². The second kappa shape index (κ2) is 8.23. The highest BCUT2D eigenvalue weighted by Crippen LogP contribution is 2.33. The highest BCUT2D eigenvalue weighted by molar-refractivity contribution is 5.95. The zero-order chi connectivity index (χ0) is 18.5. The molecule has 0 spiro atoms. The van der Waals surface area contributed by atoms with Gasteiger partial charge in [0.05, 0.1) is 44.1 Å². The maximum Gasteiger partial charge on any atom is 0.338 e. The summed E-state index contributed by atoms with van der Waals surface area (Å²) in [6.07, 6.45) is 2.33. The monoisotopic (exact) mass is 360 g/mol. The lowest BCUT2D eigenvalue weighted by Gasteiger charge is -2.30. The zero-order valence-corrected chi connectivity index (χ0v) is 15.3. The minimum Gasteiger partial charge on any atom is -0.496 e. The Morgan fingerprint density at radius 3 is 2.69 bits per heavy atom. The predicted molar refractivity (Wildman–Crippen MR) is 95.9 cm³/mol. The maximum atomic E-state index is 12.8. The van der Waals surface area contributed by atoms with Crippen molar-refractivity contribution in [2.75, 3.05) is 33.4 Å². The van der Waals surface area contributed by atoms with E-state index in [-0.39, 0.29) is 12.6 Å². The number of quaternary nitrogens is 1. The lowest BCUT2D eigenvalue weighted by atomic mass is 9.94. The molecule has 1 saturated heterocycles. The number of hydrogen-bond acceptors (Lipinski definition) is 4. The molecule has 26 heavy (non-hydrogen) atoms. The molecular weight excluding hydrogens is 334 g/mol. The summed E-state index contributed by atoms with van der Waals surface area (Å²) in [5.41, 5.74) is 1.83. The molecule has 0 bridgehead atoms. The summed E-state index contributed by atoms with van der Waals surface area (Å²) in [7, 11) is 1.57. The van der Waals surface area contributed by atoms with E-state index < -0.39 is 12.0 Å². The first-order valence-electron chi connectivity index (χ1n) is 9.08. The van der Waals surface area contributed by atoms with Crippen LogP contribution in [0.15, 0.2) is 35.5 Å². The van der Waals surface area contributed by atoms with Crippen molar-refractivity contribution in [3.63, 3.8) is 0 Å². The number of carbonyl (C=O) groups is 2. The number of hydrogen-bond donors (Lipinski definition) is 3. The normalized spacial score (nSPS) is 20.5. The van der Waals surface area contributed by atoms with Gasteiger partial charge in [0.2, 0.25) is 0 Å². The van der Waals surface area contributed by atoms with Crippen molar-refractivity contribution in [3.8, 4) is 5.75 Å². The number of methoxy groups -OCH3 is 1. The van der Waals surface area contributed by atoms with E-state index in [0.29, 0.717) is 23.6 Å². The Balaban J connectivity index is 2.04. The third-order valence-electron chi connectivity index (χ3n) is 4.84. The standard InChI is InChI=1S/C19H25N3O4/c1-3-26-18(23)16-14(12-22-10-6-7-11-22)20-19(24)21-17(16)13-8-4-5-9-15(13)25-2/h4-5,8-9,17H,3,6-7,10-12H2,1-2H3,(H2,20,21,24)/p+1/t17-/m0/s1. The van der Waals surface area contributed by atoms with Crippen molar-refractivity contribution in [2.45, 2.75) is 25.8 Å². The predicted octanol–water partition coefficient (Wildman–Crippen LogP) is 0.545.